The van der Waals surface area contributed by atoms with Gasteiger partial charge in [0, 0.05) is 51.7 Å². The van der Waals surface area contributed by atoms with Crippen LogP contribution in [-0.4, -0.2) is 46.2 Å². The maximum Gasteiger partial charge on any atom is 0.219 e. The molecule has 2 heterocycles. The molecule has 0 aliphatic carbocycles. The Hall–Kier alpha value is -1.36. The molecule has 1 aliphatic heterocycles. The summed E-state index contributed by atoms with van der Waals surface area (Å²) in [4.78, 5) is 17.8. The number of amides is 1. The Kier molecular flexibility index (Phi) is 5.39. The van der Waals surface area contributed by atoms with Gasteiger partial charge in [0.05, 0.1) is 6.33 Å². The van der Waals surface area contributed by atoms with Crippen LogP contribution in [0.4, 0.5) is 0 Å². The van der Waals surface area contributed by atoms with Crippen molar-refractivity contribution >= 4 is 5.91 Å². The van der Waals surface area contributed by atoms with Crippen LogP contribution >= 0.6 is 0 Å². The van der Waals surface area contributed by atoms with Crippen molar-refractivity contribution in [2.24, 2.45) is 0 Å². The third-order valence-electron chi connectivity index (χ3n) is 3.66. The highest BCUT2D eigenvalue weighted by atomic mass is 16.5. The topological polar surface area (TPSA) is 47.4 Å². The fourth-order valence-electron chi connectivity index (χ4n) is 2.59. The molecule has 1 aromatic heterocycles. The molecular weight excluding hydrogens is 242 g/mol. The van der Waals surface area contributed by atoms with E-state index in [9.17, 15) is 4.79 Å². The van der Waals surface area contributed by atoms with Crippen LogP contribution in [0.5, 0.6) is 0 Å². The Labute approximate surface area is 114 Å². The van der Waals surface area contributed by atoms with E-state index in [0.717, 1.165) is 52.0 Å². The van der Waals surface area contributed by atoms with Crippen LogP contribution in [0.25, 0.3) is 0 Å². The van der Waals surface area contributed by atoms with Crippen molar-refractivity contribution in [3.05, 3.63) is 18.7 Å². The fraction of sp³-hybridized carbons (Fsp3) is 0.714. The van der Waals surface area contributed by atoms with Gasteiger partial charge in [-0.1, -0.05) is 0 Å². The molecule has 2 rings (SSSR count). The van der Waals surface area contributed by atoms with Crippen molar-refractivity contribution in [3.63, 3.8) is 0 Å². The molecule has 1 aromatic rings. The van der Waals surface area contributed by atoms with E-state index in [2.05, 4.69) is 9.55 Å². The molecule has 1 fully saturated rings. The van der Waals surface area contributed by atoms with Gasteiger partial charge < -0.3 is 14.2 Å². The molecule has 0 atom stereocenters. The predicted octanol–water partition coefficient (Wildman–Crippen LogP) is 1.69. The van der Waals surface area contributed by atoms with Gasteiger partial charge in [-0.2, -0.15) is 0 Å². The smallest absolute Gasteiger partial charge is 0.219 e. The number of aryl methyl sites for hydroxylation is 1. The number of hydrogen-bond acceptors (Lipinski definition) is 3. The van der Waals surface area contributed by atoms with E-state index in [0.29, 0.717) is 6.04 Å². The molecular formula is C14H23N3O2. The second-order valence-corrected chi connectivity index (χ2v) is 5.06. The molecule has 0 saturated carbocycles. The standard InChI is InChI=1S/C14H23N3O2/c1-13(18)17(14-4-10-19-11-5-14)8-3-2-7-16-9-6-15-12-16/h6,9,12,14H,2-5,7-8,10-11H2,1H3. The maximum absolute atomic E-state index is 11.7. The van der Waals surface area contributed by atoms with E-state index in [1.54, 1.807) is 13.1 Å². The average molecular weight is 265 g/mol. The van der Waals surface area contributed by atoms with Crippen LogP contribution in [0.2, 0.25) is 0 Å². The molecule has 0 spiro atoms. The summed E-state index contributed by atoms with van der Waals surface area (Å²) in [6.07, 6.45) is 9.66. The van der Waals surface area contributed by atoms with Gasteiger partial charge >= 0.3 is 0 Å². The summed E-state index contributed by atoms with van der Waals surface area (Å²) < 4.78 is 7.43. The van der Waals surface area contributed by atoms with Crippen molar-refractivity contribution in [2.75, 3.05) is 19.8 Å². The zero-order valence-corrected chi connectivity index (χ0v) is 11.6. The Morgan fingerprint density at radius 1 is 1.42 bits per heavy atom. The van der Waals surface area contributed by atoms with Gasteiger partial charge in [0.2, 0.25) is 5.91 Å². The second kappa shape index (κ2) is 7.28. The van der Waals surface area contributed by atoms with Crippen molar-refractivity contribution in [1.29, 1.82) is 0 Å². The predicted molar refractivity (Wildman–Crippen MR) is 72.7 cm³/mol. The summed E-state index contributed by atoms with van der Waals surface area (Å²) >= 11 is 0. The molecule has 19 heavy (non-hydrogen) atoms. The van der Waals surface area contributed by atoms with Crippen molar-refractivity contribution in [2.45, 2.75) is 45.2 Å². The van der Waals surface area contributed by atoms with Crippen LogP contribution in [0.3, 0.4) is 0 Å². The summed E-state index contributed by atoms with van der Waals surface area (Å²) in [6.45, 7) is 5.06. The molecule has 0 N–H and O–H groups in total. The summed E-state index contributed by atoms with van der Waals surface area (Å²) in [5.74, 6) is 0.189. The van der Waals surface area contributed by atoms with Crippen molar-refractivity contribution in [1.82, 2.24) is 14.5 Å². The Balaban J connectivity index is 1.72. The SMILES string of the molecule is CC(=O)N(CCCCn1ccnc1)C1CCOCC1. The average Bonchev–Trinajstić information content (AvgIpc) is 2.92. The van der Waals surface area contributed by atoms with Gasteiger partial charge in [-0.05, 0) is 25.7 Å². The number of carbonyl (C=O) groups excluding carboxylic acids is 1. The Morgan fingerprint density at radius 3 is 2.84 bits per heavy atom. The lowest BCUT2D eigenvalue weighted by Gasteiger charge is -2.33. The molecule has 0 unspecified atom stereocenters. The first-order chi connectivity index (χ1) is 9.27. The number of ether oxygens (including phenoxy) is 1. The van der Waals surface area contributed by atoms with Crippen LogP contribution in [0.15, 0.2) is 18.7 Å². The second-order valence-electron chi connectivity index (χ2n) is 5.06. The highest BCUT2D eigenvalue weighted by molar-refractivity contribution is 5.73. The van der Waals surface area contributed by atoms with Gasteiger partial charge in [-0.15, -0.1) is 0 Å². The largest absolute Gasteiger partial charge is 0.381 e. The molecule has 5 nitrogen and oxygen atoms in total. The van der Waals surface area contributed by atoms with Gasteiger partial charge in [0.25, 0.3) is 0 Å². The summed E-state index contributed by atoms with van der Waals surface area (Å²) in [6, 6.07) is 0.375. The zero-order chi connectivity index (χ0) is 13.5. The normalized spacial score (nSPS) is 16.5. The van der Waals surface area contributed by atoms with E-state index in [1.165, 1.54) is 0 Å². The lowest BCUT2D eigenvalue weighted by molar-refractivity contribution is -0.133. The number of imidazole rings is 1. The highest BCUT2D eigenvalue weighted by Crippen LogP contribution is 2.15. The van der Waals surface area contributed by atoms with Gasteiger partial charge in [-0.3, -0.25) is 4.79 Å². The molecule has 106 valence electrons. The third kappa shape index (κ3) is 4.35. The van der Waals surface area contributed by atoms with Crippen LogP contribution in [0.1, 0.15) is 32.6 Å². The number of unbranched alkanes of at least 4 members (excludes halogenated alkanes) is 1. The van der Waals surface area contributed by atoms with E-state index < -0.39 is 0 Å². The van der Waals surface area contributed by atoms with Crippen LogP contribution in [-0.2, 0) is 16.1 Å². The van der Waals surface area contributed by atoms with E-state index >= 15 is 0 Å². The summed E-state index contributed by atoms with van der Waals surface area (Å²) in [5, 5.41) is 0. The number of nitrogens with zero attached hydrogens (tertiary/aromatic N) is 3. The molecule has 0 bridgehead atoms. The van der Waals surface area contributed by atoms with E-state index in [4.69, 9.17) is 4.74 Å². The third-order valence-corrected chi connectivity index (χ3v) is 3.66. The highest BCUT2D eigenvalue weighted by Gasteiger charge is 2.22. The van der Waals surface area contributed by atoms with E-state index in [-0.39, 0.29) is 5.91 Å². The lowest BCUT2D eigenvalue weighted by atomic mass is 10.1. The summed E-state index contributed by atoms with van der Waals surface area (Å²) in [7, 11) is 0. The summed E-state index contributed by atoms with van der Waals surface area (Å²) in [5.41, 5.74) is 0. The molecule has 0 radical (unpaired) electrons. The maximum atomic E-state index is 11.7. The first-order valence-electron chi connectivity index (χ1n) is 7.08. The number of rotatable bonds is 6. The van der Waals surface area contributed by atoms with Crippen LogP contribution < -0.4 is 0 Å². The monoisotopic (exact) mass is 265 g/mol. The molecule has 5 heteroatoms. The zero-order valence-electron chi connectivity index (χ0n) is 11.6. The van der Waals surface area contributed by atoms with Crippen molar-refractivity contribution < 1.29 is 9.53 Å². The molecule has 1 aliphatic rings. The Morgan fingerprint density at radius 2 is 2.21 bits per heavy atom. The minimum Gasteiger partial charge on any atom is -0.381 e. The first-order valence-corrected chi connectivity index (χ1v) is 7.08. The Bertz CT molecular complexity index is 372. The van der Waals surface area contributed by atoms with Crippen LogP contribution in [0, 0.1) is 0 Å². The van der Waals surface area contributed by atoms with Gasteiger partial charge in [0.15, 0.2) is 0 Å². The number of hydrogen-bond donors (Lipinski definition) is 0. The van der Waals surface area contributed by atoms with E-state index in [1.807, 2.05) is 17.4 Å². The number of aromatic nitrogens is 2. The molecule has 1 saturated heterocycles. The molecule has 0 aromatic carbocycles. The fourth-order valence-corrected chi connectivity index (χ4v) is 2.59. The minimum absolute atomic E-state index is 0.189. The van der Waals surface area contributed by atoms with Gasteiger partial charge in [-0.25, -0.2) is 4.98 Å². The number of carbonyl (C=O) groups is 1. The van der Waals surface area contributed by atoms with Crippen molar-refractivity contribution in [3.8, 4) is 0 Å². The molecule has 1 amide bonds. The lowest BCUT2D eigenvalue weighted by Crippen LogP contribution is -2.42. The van der Waals surface area contributed by atoms with Gasteiger partial charge in [0.1, 0.15) is 0 Å². The minimum atomic E-state index is 0.189. The quantitative estimate of drug-likeness (QED) is 0.735. The first kappa shape index (κ1) is 14.1.